The minimum Gasteiger partial charge on any atom is -0.467 e. The molecule has 150 valence electrons. The molecule has 1 heterocycles. The topological polar surface area (TPSA) is 71.3 Å². The van der Waals surface area contributed by atoms with Crippen molar-refractivity contribution in [2.24, 2.45) is 11.8 Å². The molecule has 1 aliphatic carbocycles. The molecule has 0 radical (unpaired) electrons. The number of hydrogen-bond donors (Lipinski definition) is 2. The van der Waals surface area contributed by atoms with Gasteiger partial charge in [-0.05, 0) is 54.9 Å². The van der Waals surface area contributed by atoms with Crippen LogP contribution in [-0.4, -0.2) is 11.8 Å². The van der Waals surface area contributed by atoms with Crippen LogP contribution in [0.2, 0.25) is 0 Å². The summed E-state index contributed by atoms with van der Waals surface area (Å²) >= 11 is 0. The van der Waals surface area contributed by atoms with Gasteiger partial charge in [-0.15, -0.1) is 0 Å². The second-order valence-electron chi connectivity index (χ2n) is 8.63. The number of anilines is 1. The van der Waals surface area contributed by atoms with E-state index in [0.717, 1.165) is 42.7 Å². The maximum atomic E-state index is 12.8. The fourth-order valence-electron chi connectivity index (χ4n) is 3.83. The van der Waals surface area contributed by atoms with Crippen molar-refractivity contribution in [3.8, 4) is 0 Å². The van der Waals surface area contributed by atoms with Gasteiger partial charge < -0.3 is 15.1 Å². The molecule has 1 aromatic heterocycles. The first-order valence-corrected chi connectivity index (χ1v) is 10.0. The molecule has 0 spiro atoms. The van der Waals surface area contributed by atoms with E-state index in [1.807, 2.05) is 30.3 Å². The number of amides is 2. The zero-order chi connectivity index (χ0) is 20.1. The number of benzene rings is 1. The van der Waals surface area contributed by atoms with Gasteiger partial charge in [0.05, 0.1) is 12.8 Å². The molecular formula is C23H30N2O3. The molecule has 0 saturated heterocycles. The Morgan fingerprint density at radius 1 is 0.964 bits per heavy atom. The third-order valence-corrected chi connectivity index (χ3v) is 5.48. The summed E-state index contributed by atoms with van der Waals surface area (Å²) in [6.07, 6.45) is 4.56. The lowest BCUT2D eigenvalue weighted by Gasteiger charge is -2.28. The summed E-state index contributed by atoms with van der Waals surface area (Å²) in [5.74, 6) is 0.793. The number of furan rings is 1. The van der Waals surface area contributed by atoms with E-state index < -0.39 is 0 Å². The smallest absolute Gasteiger partial charge is 0.227 e. The number of rotatable bonds is 5. The Hall–Kier alpha value is -2.56. The van der Waals surface area contributed by atoms with Crippen molar-refractivity contribution in [1.29, 1.82) is 0 Å². The summed E-state index contributed by atoms with van der Waals surface area (Å²) in [4.78, 5) is 25.1. The van der Waals surface area contributed by atoms with Crippen LogP contribution in [0.1, 0.15) is 57.8 Å². The number of carbonyl (C=O) groups excluding carboxylic acids is 2. The van der Waals surface area contributed by atoms with Crippen molar-refractivity contribution >= 4 is 17.5 Å². The lowest BCUT2D eigenvalue weighted by atomic mass is 9.80. The fraction of sp³-hybridized carbons (Fsp3) is 0.478. The van der Waals surface area contributed by atoms with Gasteiger partial charge in [-0.3, -0.25) is 9.59 Å². The van der Waals surface area contributed by atoms with Crippen LogP contribution >= 0.6 is 0 Å². The minimum absolute atomic E-state index is 0.0270. The fourth-order valence-corrected chi connectivity index (χ4v) is 3.83. The second kappa shape index (κ2) is 8.63. The van der Waals surface area contributed by atoms with Crippen LogP contribution in [0, 0.1) is 11.8 Å². The van der Waals surface area contributed by atoms with Crippen LogP contribution < -0.4 is 10.6 Å². The molecule has 0 aliphatic heterocycles. The number of para-hydroxylation sites is 1. The van der Waals surface area contributed by atoms with E-state index in [1.54, 1.807) is 6.26 Å². The zero-order valence-electron chi connectivity index (χ0n) is 17.0. The Morgan fingerprint density at radius 3 is 2.21 bits per heavy atom. The van der Waals surface area contributed by atoms with Crippen LogP contribution in [0.5, 0.6) is 0 Å². The standard InChI is InChI=1S/C23H30N2O3/c1-23(2,3)19-8-4-5-9-20(19)25-22(27)17-12-10-16(11-13-17)21(26)24-15-18-7-6-14-28-18/h4-9,14,16-17H,10-13,15H2,1-3H3,(H,24,26)(H,25,27). The van der Waals surface area contributed by atoms with Gasteiger partial charge >= 0.3 is 0 Å². The lowest BCUT2D eigenvalue weighted by molar-refractivity contribution is -0.128. The molecule has 2 amide bonds. The highest BCUT2D eigenvalue weighted by molar-refractivity contribution is 5.93. The largest absolute Gasteiger partial charge is 0.467 e. The van der Waals surface area contributed by atoms with E-state index in [4.69, 9.17) is 4.42 Å². The van der Waals surface area contributed by atoms with Crippen molar-refractivity contribution in [1.82, 2.24) is 5.32 Å². The zero-order valence-corrected chi connectivity index (χ0v) is 17.0. The van der Waals surface area contributed by atoms with Crippen LogP contribution in [0.4, 0.5) is 5.69 Å². The monoisotopic (exact) mass is 382 g/mol. The Kier molecular flexibility index (Phi) is 6.22. The van der Waals surface area contributed by atoms with Gasteiger partial charge in [-0.2, -0.15) is 0 Å². The molecular weight excluding hydrogens is 352 g/mol. The first-order valence-electron chi connectivity index (χ1n) is 10.0. The molecule has 5 nitrogen and oxygen atoms in total. The molecule has 28 heavy (non-hydrogen) atoms. The third kappa shape index (κ3) is 5.03. The normalized spacial score (nSPS) is 19.8. The van der Waals surface area contributed by atoms with Crippen molar-refractivity contribution < 1.29 is 14.0 Å². The van der Waals surface area contributed by atoms with E-state index in [0.29, 0.717) is 6.54 Å². The summed E-state index contributed by atoms with van der Waals surface area (Å²) < 4.78 is 5.24. The molecule has 0 unspecified atom stereocenters. The summed E-state index contributed by atoms with van der Waals surface area (Å²) in [5, 5.41) is 6.05. The molecule has 2 aromatic rings. The predicted molar refractivity (Wildman–Crippen MR) is 110 cm³/mol. The van der Waals surface area contributed by atoms with Crippen LogP contribution in [0.15, 0.2) is 47.1 Å². The number of nitrogens with one attached hydrogen (secondary N) is 2. The van der Waals surface area contributed by atoms with Gasteiger partial charge in [0.1, 0.15) is 5.76 Å². The van der Waals surface area contributed by atoms with Gasteiger partial charge in [0.25, 0.3) is 0 Å². The third-order valence-electron chi connectivity index (χ3n) is 5.48. The summed E-state index contributed by atoms with van der Waals surface area (Å²) in [5.41, 5.74) is 1.99. The van der Waals surface area contributed by atoms with Gasteiger partial charge in [0.2, 0.25) is 11.8 Å². The summed E-state index contributed by atoms with van der Waals surface area (Å²) in [6, 6.07) is 11.6. The van der Waals surface area contributed by atoms with Gasteiger partial charge in [0, 0.05) is 17.5 Å². The van der Waals surface area contributed by atoms with Crippen LogP contribution in [-0.2, 0) is 21.5 Å². The lowest BCUT2D eigenvalue weighted by Crippen LogP contribution is -2.35. The van der Waals surface area contributed by atoms with Crippen LogP contribution in [0.3, 0.4) is 0 Å². The van der Waals surface area contributed by atoms with Crippen molar-refractivity contribution in [2.75, 3.05) is 5.32 Å². The maximum Gasteiger partial charge on any atom is 0.227 e. The highest BCUT2D eigenvalue weighted by Gasteiger charge is 2.30. The first kappa shape index (κ1) is 20.2. The van der Waals surface area contributed by atoms with E-state index in [2.05, 4.69) is 37.5 Å². The van der Waals surface area contributed by atoms with Gasteiger partial charge in [-0.25, -0.2) is 0 Å². The molecule has 1 saturated carbocycles. The average molecular weight is 383 g/mol. The Bertz CT molecular complexity index is 798. The molecule has 2 N–H and O–H groups in total. The highest BCUT2D eigenvalue weighted by atomic mass is 16.3. The van der Waals surface area contributed by atoms with Crippen LogP contribution in [0.25, 0.3) is 0 Å². The molecule has 1 aromatic carbocycles. The van der Waals surface area contributed by atoms with Crippen molar-refractivity contribution in [3.63, 3.8) is 0 Å². The number of carbonyl (C=O) groups is 2. The second-order valence-corrected chi connectivity index (χ2v) is 8.63. The molecule has 1 fully saturated rings. The van der Waals surface area contributed by atoms with Crippen molar-refractivity contribution in [3.05, 3.63) is 54.0 Å². The van der Waals surface area contributed by atoms with E-state index in [9.17, 15) is 9.59 Å². The van der Waals surface area contributed by atoms with Gasteiger partial charge in [0.15, 0.2) is 0 Å². The Balaban J connectivity index is 1.51. The highest BCUT2D eigenvalue weighted by Crippen LogP contribution is 2.32. The summed E-state index contributed by atoms with van der Waals surface area (Å²) in [6.45, 7) is 6.84. The number of hydrogen-bond acceptors (Lipinski definition) is 3. The average Bonchev–Trinajstić information content (AvgIpc) is 3.19. The molecule has 5 heteroatoms. The molecule has 0 atom stereocenters. The predicted octanol–water partition coefficient (Wildman–Crippen LogP) is 4.64. The van der Waals surface area contributed by atoms with E-state index in [1.165, 1.54) is 0 Å². The van der Waals surface area contributed by atoms with E-state index in [-0.39, 0.29) is 29.1 Å². The van der Waals surface area contributed by atoms with Gasteiger partial charge in [-0.1, -0.05) is 39.0 Å². The maximum absolute atomic E-state index is 12.8. The molecule has 3 rings (SSSR count). The van der Waals surface area contributed by atoms with E-state index >= 15 is 0 Å². The Labute approximate surface area is 166 Å². The Morgan fingerprint density at radius 2 is 1.61 bits per heavy atom. The summed E-state index contributed by atoms with van der Waals surface area (Å²) in [7, 11) is 0. The molecule has 1 aliphatic rings. The van der Waals surface area contributed by atoms with Crippen molar-refractivity contribution in [2.45, 2.75) is 58.4 Å². The first-order chi connectivity index (χ1) is 13.3. The molecule has 0 bridgehead atoms. The quantitative estimate of drug-likeness (QED) is 0.791. The SMILES string of the molecule is CC(C)(C)c1ccccc1NC(=O)C1CCC(C(=O)NCc2ccco2)CC1. The minimum atomic E-state index is -0.0397.